The number of benzene rings is 4. The van der Waals surface area contributed by atoms with Crippen molar-refractivity contribution in [1.82, 2.24) is 0 Å². The summed E-state index contributed by atoms with van der Waals surface area (Å²) in [5.41, 5.74) is 4.19. The summed E-state index contributed by atoms with van der Waals surface area (Å²) in [7, 11) is 3.28. The Morgan fingerprint density at radius 3 is 1.47 bits per heavy atom. The Morgan fingerprint density at radius 1 is 0.512 bits per heavy atom. The molecule has 1 saturated heterocycles. The van der Waals surface area contributed by atoms with Gasteiger partial charge in [0, 0.05) is 7.11 Å². The summed E-state index contributed by atoms with van der Waals surface area (Å²) >= 11 is 0. The number of methoxy groups -OCH3 is 2. The second-order valence-electron chi connectivity index (χ2n) is 10.4. The lowest BCUT2D eigenvalue weighted by Crippen LogP contribution is -2.61. The van der Waals surface area contributed by atoms with Gasteiger partial charge in [0.1, 0.15) is 30.2 Å². The third-order valence-corrected chi connectivity index (χ3v) is 7.39. The van der Waals surface area contributed by atoms with Crippen LogP contribution in [0.4, 0.5) is 0 Å². The molecule has 5 atom stereocenters. The van der Waals surface area contributed by atoms with E-state index in [0.717, 1.165) is 28.0 Å². The highest BCUT2D eigenvalue weighted by atomic mass is 16.7. The maximum Gasteiger partial charge on any atom is 0.186 e. The van der Waals surface area contributed by atoms with E-state index in [4.69, 9.17) is 33.2 Å². The van der Waals surface area contributed by atoms with Crippen LogP contribution in [-0.2, 0) is 54.8 Å². The summed E-state index contributed by atoms with van der Waals surface area (Å²) < 4.78 is 43.6. The molecule has 0 amide bonds. The van der Waals surface area contributed by atoms with Crippen molar-refractivity contribution >= 4 is 0 Å². The molecule has 0 N–H and O–H groups in total. The second kappa shape index (κ2) is 16.3. The van der Waals surface area contributed by atoms with Gasteiger partial charge in [-0.05, 0) is 34.4 Å². The Labute approximate surface area is 254 Å². The maximum atomic E-state index is 6.64. The lowest BCUT2D eigenvalue weighted by Gasteiger charge is -2.45. The molecule has 1 aliphatic rings. The smallest absolute Gasteiger partial charge is 0.186 e. The summed E-state index contributed by atoms with van der Waals surface area (Å²) in [6, 6.07) is 38.0. The molecule has 0 aromatic heterocycles. The minimum atomic E-state index is -0.685. The monoisotopic (exact) mass is 584 g/mol. The highest BCUT2D eigenvalue weighted by Crippen LogP contribution is 2.31. The number of ether oxygens (including phenoxy) is 7. The van der Waals surface area contributed by atoms with Crippen LogP contribution in [0.5, 0.6) is 5.75 Å². The van der Waals surface area contributed by atoms with Crippen molar-refractivity contribution in [1.29, 1.82) is 0 Å². The Morgan fingerprint density at radius 2 is 0.977 bits per heavy atom. The Hall–Kier alpha value is -3.56. The third-order valence-electron chi connectivity index (χ3n) is 7.39. The van der Waals surface area contributed by atoms with E-state index in [1.54, 1.807) is 14.2 Å². The molecule has 1 heterocycles. The number of hydrogen-bond acceptors (Lipinski definition) is 7. The minimum Gasteiger partial charge on any atom is -0.497 e. The van der Waals surface area contributed by atoms with Crippen LogP contribution in [0, 0.1) is 0 Å². The largest absolute Gasteiger partial charge is 0.497 e. The van der Waals surface area contributed by atoms with Crippen LogP contribution < -0.4 is 4.74 Å². The van der Waals surface area contributed by atoms with Gasteiger partial charge in [0.15, 0.2) is 6.29 Å². The van der Waals surface area contributed by atoms with Gasteiger partial charge in [-0.2, -0.15) is 0 Å². The fraction of sp³-hybridized carbons (Fsp3) is 0.333. The van der Waals surface area contributed by atoms with E-state index in [0.29, 0.717) is 26.4 Å². The predicted molar refractivity (Wildman–Crippen MR) is 163 cm³/mol. The standard InChI is InChI=1S/C36H40O7/c1-37-31-20-18-30(19-21-31)22-39-26-32-33(40-23-27-12-6-3-7-13-27)34(41-24-28-14-8-4-9-15-28)35(36(38-2)43-32)42-25-29-16-10-5-11-17-29/h3-21,32-36H,22-26H2,1-2H3/t32-,33-,34+,35-,36+/m1/s1. The van der Waals surface area contributed by atoms with Crippen LogP contribution in [0.1, 0.15) is 22.3 Å². The zero-order valence-corrected chi connectivity index (χ0v) is 24.7. The lowest BCUT2D eigenvalue weighted by molar-refractivity contribution is -0.323. The maximum absolute atomic E-state index is 6.64. The molecule has 4 aromatic carbocycles. The quantitative estimate of drug-likeness (QED) is 0.162. The molecule has 0 saturated carbocycles. The first-order chi connectivity index (χ1) is 21.2. The molecule has 0 bridgehead atoms. The Kier molecular flexibility index (Phi) is 11.7. The van der Waals surface area contributed by atoms with Gasteiger partial charge in [0.25, 0.3) is 0 Å². The summed E-state index contributed by atoms with van der Waals surface area (Å²) in [5, 5.41) is 0. The van der Waals surface area contributed by atoms with Crippen LogP contribution in [0.15, 0.2) is 115 Å². The molecular formula is C36H40O7. The van der Waals surface area contributed by atoms with E-state index in [1.165, 1.54) is 0 Å². The number of rotatable bonds is 15. The summed E-state index contributed by atoms with van der Waals surface area (Å²) in [6.07, 6.45) is -2.69. The van der Waals surface area contributed by atoms with Crippen LogP contribution in [0.2, 0.25) is 0 Å². The molecule has 1 aliphatic heterocycles. The number of hydrogen-bond donors (Lipinski definition) is 0. The molecule has 0 radical (unpaired) electrons. The second-order valence-corrected chi connectivity index (χ2v) is 10.4. The Bertz CT molecular complexity index is 1320. The molecule has 0 spiro atoms. The van der Waals surface area contributed by atoms with Gasteiger partial charge in [0.2, 0.25) is 0 Å². The average Bonchev–Trinajstić information content (AvgIpc) is 3.07. The van der Waals surface area contributed by atoms with Gasteiger partial charge in [-0.15, -0.1) is 0 Å². The van der Waals surface area contributed by atoms with Crippen molar-refractivity contribution in [2.45, 2.75) is 57.1 Å². The normalized spacial score (nSPS) is 21.9. The highest BCUT2D eigenvalue weighted by molar-refractivity contribution is 5.26. The van der Waals surface area contributed by atoms with Gasteiger partial charge in [0.05, 0.1) is 40.1 Å². The van der Waals surface area contributed by atoms with Crippen LogP contribution in [0.3, 0.4) is 0 Å². The van der Waals surface area contributed by atoms with Crippen molar-refractivity contribution in [2.75, 3.05) is 20.8 Å². The van der Waals surface area contributed by atoms with Gasteiger partial charge in [-0.25, -0.2) is 0 Å². The van der Waals surface area contributed by atoms with Crippen molar-refractivity contribution in [3.8, 4) is 5.75 Å². The van der Waals surface area contributed by atoms with E-state index in [2.05, 4.69) is 0 Å². The Balaban J connectivity index is 1.37. The topological polar surface area (TPSA) is 64.6 Å². The molecule has 43 heavy (non-hydrogen) atoms. The molecule has 5 rings (SSSR count). The van der Waals surface area contributed by atoms with E-state index < -0.39 is 30.7 Å². The molecule has 7 nitrogen and oxygen atoms in total. The fourth-order valence-electron chi connectivity index (χ4n) is 5.08. The third kappa shape index (κ3) is 8.97. The van der Waals surface area contributed by atoms with Crippen molar-refractivity contribution < 1.29 is 33.2 Å². The first-order valence-electron chi connectivity index (χ1n) is 14.6. The summed E-state index contributed by atoms with van der Waals surface area (Å²) in [6.45, 7) is 1.85. The molecule has 1 fully saturated rings. The van der Waals surface area contributed by atoms with E-state index in [1.807, 2.05) is 115 Å². The SMILES string of the molecule is COc1ccc(COC[C@H]2O[C@H](OC)[C@H](OCc3ccccc3)[C@@H](OCc3ccccc3)[C@@H]2OCc2ccccc2)cc1. The van der Waals surface area contributed by atoms with Gasteiger partial charge < -0.3 is 33.2 Å². The fourth-order valence-corrected chi connectivity index (χ4v) is 5.08. The van der Waals surface area contributed by atoms with E-state index in [9.17, 15) is 0 Å². The zero-order valence-electron chi connectivity index (χ0n) is 24.7. The van der Waals surface area contributed by atoms with Gasteiger partial charge in [-0.3, -0.25) is 0 Å². The summed E-state index contributed by atoms with van der Waals surface area (Å²) in [4.78, 5) is 0. The van der Waals surface area contributed by atoms with Crippen LogP contribution in [0.25, 0.3) is 0 Å². The zero-order chi connectivity index (χ0) is 29.7. The molecule has 0 aliphatic carbocycles. The van der Waals surface area contributed by atoms with Crippen molar-refractivity contribution in [3.05, 3.63) is 138 Å². The molecule has 226 valence electrons. The van der Waals surface area contributed by atoms with Gasteiger partial charge in [-0.1, -0.05) is 103 Å². The first kappa shape index (κ1) is 30.9. The lowest BCUT2D eigenvalue weighted by atomic mass is 9.97. The molecule has 0 unspecified atom stereocenters. The van der Waals surface area contributed by atoms with Crippen molar-refractivity contribution in [2.24, 2.45) is 0 Å². The summed E-state index contributed by atoms with van der Waals surface area (Å²) in [5.74, 6) is 0.802. The van der Waals surface area contributed by atoms with E-state index in [-0.39, 0.29) is 6.61 Å². The average molecular weight is 585 g/mol. The van der Waals surface area contributed by atoms with E-state index >= 15 is 0 Å². The van der Waals surface area contributed by atoms with Gasteiger partial charge >= 0.3 is 0 Å². The minimum absolute atomic E-state index is 0.280. The highest BCUT2D eigenvalue weighted by Gasteiger charge is 2.48. The van der Waals surface area contributed by atoms with Crippen LogP contribution >= 0.6 is 0 Å². The first-order valence-corrected chi connectivity index (χ1v) is 14.6. The van der Waals surface area contributed by atoms with Crippen LogP contribution in [-0.4, -0.2) is 51.5 Å². The van der Waals surface area contributed by atoms with Crippen molar-refractivity contribution in [3.63, 3.8) is 0 Å². The molecule has 7 heteroatoms. The predicted octanol–water partition coefficient (Wildman–Crippen LogP) is 6.34. The molecular weight excluding hydrogens is 544 g/mol. The molecule has 4 aromatic rings.